The monoisotopic (exact) mass is 255 g/mol. The Morgan fingerprint density at radius 3 is 2.82 bits per heavy atom. The lowest BCUT2D eigenvalue weighted by Gasteiger charge is -2.31. The molecule has 0 amide bonds. The summed E-state index contributed by atoms with van der Waals surface area (Å²) in [7, 11) is -1.01. The molecule has 3 atom stereocenters. The molecule has 1 heterocycles. The minimum absolute atomic E-state index is 0.105. The third-order valence-electron chi connectivity index (χ3n) is 3.03. The van der Waals surface area contributed by atoms with Crippen molar-refractivity contribution in [3.05, 3.63) is 29.6 Å². The summed E-state index contributed by atoms with van der Waals surface area (Å²) in [5, 5.41) is 3.53. The van der Waals surface area contributed by atoms with Crippen LogP contribution in [0.4, 0.5) is 4.39 Å². The Kier molecular flexibility index (Phi) is 3.64. The average Bonchev–Trinajstić information content (AvgIpc) is 2.25. The third kappa shape index (κ3) is 2.58. The maximum Gasteiger partial charge on any atom is 0.123 e. The fraction of sp³-hybridized carbons (Fsp3) is 0.538. The second-order valence-corrected chi connectivity index (χ2v) is 6.74. The summed E-state index contributed by atoms with van der Waals surface area (Å²) in [6.07, 6.45) is 0.793. The zero-order chi connectivity index (χ0) is 12.6. The van der Waals surface area contributed by atoms with E-state index < -0.39 is 10.8 Å². The van der Waals surface area contributed by atoms with Crippen LogP contribution < -0.4 is 5.32 Å². The van der Waals surface area contributed by atoms with Gasteiger partial charge < -0.3 is 5.32 Å². The summed E-state index contributed by atoms with van der Waals surface area (Å²) in [5.41, 5.74) is 0.857. The van der Waals surface area contributed by atoms with Gasteiger partial charge in [-0.05, 0) is 30.2 Å². The Morgan fingerprint density at radius 2 is 2.18 bits per heavy atom. The molecule has 1 aromatic rings. The predicted octanol–water partition coefficient (Wildman–Crippen LogP) is 2.76. The fourth-order valence-electron chi connectivity index (χ4n) is 2.30. The summed E-state index contributed by atoms with van der Waals surface area (Å²) in [6.45, 7) is 6.11. The molecule has 17 heavy (non-hydrogen) atoms. The maximum atomic E-state index is 13.3. The topological polar surface area (TPSA) is 29.1 Å². The molecule has 3 unspecified atom stereocenters. The number of hydrogen-bond acceptors (Lipinski definition) is 2. The van der Waals surface area contributed by atoms with Crippen molar-refractivity contribution in [1.29, 1.82) is 0 Å². The van der Waals surface area contributed by atoms with Gasteiger partial charge in [0, 0.05) is 22.2 Å². The van der Waals surface area contributed by atoms with Gasteiger partial charge in [-0.2, -0.15) is 0 Å². The van der Waals surface area contributed by atoms with Crippen molar-refractivity contribution in [3.63, 3.8) is 0 Å². The van der Waals surface area contributed by atoms with E-state index in [0.717, 1.165) is 16.9 Å². The smallest absolute Gasteiger partial charge is 0.123 e. The van der Waals surface area contributed by atoms with Gasteiger partial charge >= 0.3 is 0 Å². The van der Waals surface area contributed by atoms with E-state index in [1.54, 1.807) is 6.07 Å². The van der Waals surface area contributed by atoms with Crippen LogP contribution >= 0.6 is 0 Å². The highest BCUT2D eigenvalue weighted by molar-refractivity contribution is 7.85. The summed E-state index contributed by atoms with van der Waals surface area (Å²) in [4.78, 5) is 0.781. The van der Waals surface area contributed by atoms with Gasteiger partial charge in [-0.25, -0.2) is 4.39 Å². The molecule has 0 fully saturated rings. The highest BCUT2D eigenvalue weighted by Gasteiger charge is 2.30. The first-order chi connectivity index (χ1) is 7.99. The van der Waals surface area contributed by atoms with E-state index in [2.05, 4.69) is 19.2 Å². The van der Waals surface area contributed by atoms with E-state index in [1.165, 1.54) is 12.1 Å². The molecule has 0 saturated carbocycles. The Hall–Kier alpha value is -0.740. The molecular formula is C13H18FNOS. The molecule has 2 rings (SSSR count). The predicted molar refractivity (Wildman–Crippen MR) is 67.9 cm³/mol. The fourth-order valence-corrected chi connectivity index (χ4v) is 3.73. The van der Waals surface area contributed by atoms with E-state index in [9.17, 15) is 8.60 Å². The number of fused-ring (bicyclic) bond motifs is 1. The van der Waals surface area contributed by atoms with Crippen LogP contribution in [0.25, 0.3) is 0 Å². The van der Waals surface area contributed by atoms with Crippen LogP contribution in [0.5, 0.6) is 0 Å². The molecule has 0 spiro atoms. The number of nitrogens with one attached hydrogen (secondary N) is 1. The standard InChI is InChI=1S/C13H18FNOS/c1-8(2)15-12-6-9(3)17(16)13-5-4-10(14)7-11(12)13/h4-5,7-9,12,15H,6H2,1-3H3. The first-order valence-corrected chi connectivity index (χ1v) is 7.16. The highest BCUT2D eigenvalue weighted by atomic mass is 32.2. The molecule has 1 aliphatic rings. The molecular weight excluding hydrogens is 237 g/mol. The van der Waals surface area contributed by atoms with Gasteiger partial charge in [0.2, 0.25) is 0 Å². The van der Waals surface area contributed by atoms with Crippen LogP contribution in [0, 0.1) is 5.82 Å². The van der Waals surface area contributed by atoms with Crippen molar-refractivity contribution in [1.82, 2.24) is 5.32 Å². The normalized spacial score (nSPS) is 28.2. The number of rotatable bonds is 2. The lowest BCUT2D eigenvalue weighted by molar-refractivity contribution is 0.434. The largest absolute Gasteiger partial charge is 0.308 e. The lowest BCUT2D eigenvalue weighted by Crippen LogP contribution is -2.35. The molecule has 2 nitrogen and oxygen atoms in total. The van der Waals surface area contributed by atoms with Gasteiger partial charge in [-0.1, -0.05) is 20.8 Å². The van der Waals surface area contributed by atoms with Gasteiger partial charge in [-0.3, -0.25) is 4.21 Å². The van der Waals surface area contributed by atoms with Crippen LogP contribution in [0.3, 0.4) is 0 Å². The summed E-state index contributed by atoms with van der Waals surface area (Å²) < 4.78 is 25.4. The van der Waals surface area contributed by atoms with E-state index in [0.29, 0.717) is 6.04 Å². The molecule has 1 N–H and O–H groups in total. The van der Waals surface area contributed by atoms with Crippen LogP contribution in [-0.4, -0.2) is 15.5 Å². The van der Waals surface area contributed by atoms with Crippen molar-refractivity contribution >= 4 is 10.8 Å². The molecule has 4 heteroatoms. The molecule has 1 aromatic carbocycles. The van der Waals surface area contributed by atoms with Crippen LogP contribution in [0.15, 0.2) is 23.1 Å². The third-order valence-corrected chi connectivity index (χ3v) is 4.76. The second-order valence-electron chi connectivity index (χ2n) is 4.90. The van der Waals surface area contributed by atoms with E-state index in [1.807, 2.05) is 6.92 Å². The summed E-state index contributed by atoms with van der Waals surface area (Å²) >= 11 is 0. The van der Waals surface area contributed by atoms with Gasteiger partial charge in [-0.15, -0.1) is 0 Å². The Labute approximate surface area is 104 Å². The van der Waals surface area contributed by atoms with Crippen LogP contribution in [-0.2, 0) is 10.8 Å². The van der Waals surface area contributed by atoms with Crippen LogP contribution in [0.1, 0.15) is 38.8 Å². The molecule has 0 bridgehead atoms. The first-order valence-electron chi connectivity index (χ1n) is 5.95. The Morgan fingerprint density at radius 1 is 1.47 bits per heavy atom. The zero-order valence-corrected chi connectivity index (χ0v) is 11.2. The molecule has 0 radical (unpaired) electrons. The van der Waals surface area contributed by atoms with Crippen molar-refractivity contribution in [3.8, 4) is 0 Å². The van der Waals surface area contributed by atoms with Crippen molar-refractivity contribution in [2.45, 2.75) is 49.4 Å². The summed E-state index contributed by atoms with van der Waals surface area (Å²) in [5.74, 6) is -0.258. The lowest BCUT2D eigenvalue weighted by atomic mass is 10.0. The highest BCUT2D eigenvalue weighted by Crippen LogP contribution is 2.34. The number of hydrogen-bond donors (Lipinski definition) is 1. The first kappa shape index (κ1) is 12.7. The van der Waals surface area contributed by atoms with Crippen molar-refractivity contribution in [2.24, 2.45) is 0 Å². The van der Waals surface area contributed by atoms with E-state index in [4.69, 9.17) is 0 Å². The average molecular weight is 255 g/mol. The molecule has 1 aliphatic heterocycles. The molecule has 0 saturated heterocycles. The molecule has 94 valence electrons. The van der Waals surface area contributed by atoms with Crippen LogP contribution in [0.2, 0.25) is 0 Å². The minimum atomic E-state index is -1.01. The molecule has 0 aromatic heterocycles. The van der Waals surface area contributed by atoms with E-state index in [-0.39, 0.29) is 17.1 Å². The SMILES string of the molecule is CC(C)NC1CC(C)S(=O)c2ccc(F)cc21. The maximum absolute atomic E-state index is 13.3. The molecule has 0 aliphatic carbocycles. The Balaban J connectivity index is 2.42. The number of benzene rings is 1. The number of halogens is 1. The van der Waals surface area contributed by atoms with Crippen molar-refractivity contribution < 1.29 is 8.60 Å². The Bertz CT molecular complexity index is 447. The van der Waals surface area contributed by atoms with Gasteiger partial charge in [0.1, 0.15) is 5.82 Å². The van der Waals surface area contributed by atoms with Gasteiger partial charge in [0.15, 0.2) is 0 Å². The zero-order valence-electron chi connectivity index (χ0n) is 10.4. The van der Waals surface area contributed by atoms with Crippen molar-refractivity contribution in [2.75, 3.05) is 0 Å². The summed E-state index contributed by atoms with van der Waals surface area (Å²) in [6, 6.07) is 4.99. The quantitative estimate of drug-likeness (QED) is 0.880. The second kappa shape index (κ2) is 4.86. The van der Waals surface area contributed by atoms with Gasteiger partial charge in [0.05, 0.1) is 10.8 Å². The minimum Gasteiger partial charge on any atom is -0.308 e. The van der Waals surface area contributed by atoms with E-state index >= 15 is 0 Å². The van der Waals surface area contributed by atoms with Gasteiger partial charge in [0.25, 0.3) is 0 Å².